The van der Waals surface area contributed by atoms with Crippen molar-refractivity contribution in [2.45, 2.75) is 33.7 Å². The van der Waals surface area contributed by atoms with E-state index in [1.165, 1.54) is 0 Å². The monoisotopic (exact) mass is 158 g/mol. The van der Waals surface area contributed by atoms with Crippen LogP contribution in [-0.4, -0.2) is 31.1 Å². The van der Waals surface area contributed by atoms with Gasteiger partial charge in [-0.3, -0.25) is 0 Å². The maximum absolute atomic E-state index is 5.67. The Hall–Kier alpha value is -0.0800. The van der Waals surface area contributed by atoms with Crippen molar-refractivity contribution in [3.63, 3.8) is 0 Å². The molecule has 11 heavy (non-hydrogen) atoms. The molecule has 2 nitrogen and oxygen atoms in total. The first-order chi connectivity index (χ1) is 4.81. The van der Waals surface area contributed by atoms with Crippen LogP contribution in [0, 0.1) is 5.41 Å². The lowest BCUT2D eigenvalue weighted by molar-refractivity contribution is 0.220. The largest absolute Gasteiger partial charge is 0.327 e. The molecule has 0 rings (SSSR count). The second-order valence-corrected chi connectivity index (χ2v) is 4.73. The molecule has 68 valence electrons. The summed E-state index contributed by atoms with van der Waals surface area (Å²) in [4.78, 5) is 2.28. The molecule has 0 heterocycles. The van der Waals surface area contributed by atoms with Crippen molar-refractivity contribution in [3.8, 4) is 0 Å². The van der Waals surface area contributed by atoms with E-state index < -0.39 is 0 Å². The van der Waals surface area contributed by atoms with Crippen LogP contribution in [0.1, 0.15) is 27.7 Å². The lowest BCUT2D eigenvalue weighted by atomic mass is 9.96. The lowest BCUT2D eigenvalue weighted by Gasteiger charge is -2.27. The molecule has 1 atom stereocenters. The molecule has 0 aliphatic rings. The van der Waals surface area contributed by atoms with Gasteiger partial charge in [0.05, 0.1) is 0 Å². The molecule has 0 aromatic rings. The molecule has 0 saturated carbocycles. The number of likely N-dealkylation sites (N-methyl/N-ethyl adjacent to an activating group) is 1. The van der Waals surface area contributed by atoms with Crippen molar-refractivity contribution in [2.24, 2.45) is 11.1 Å². The molecule has 0 bridgehead atoms. The van der Waals surface area contributed by atoms with E-state index >= 15 is 0 Å². The van der Waals surface area contributed by atoms with Crippen LogP contribution in [0.15, 0.2) is 0 Å². The van der Waals surface area contributed by atoms with E-state index in [4.69, 9.17) is 5.73 Å². The van der Waals surface area contributed by atoms with Gasteiger partial charge in [0, 0.05) is 19.1 Å². The zero-order valence-corrected chi connectivity index (χ0v) is 8.52. The van der Waals surface area contributed by atoms with Crippen molar-refractivity contribution >= 4 is 0 Å². The van der Waals surface area contributed by atoms with Crippen LogP contribution in [0.4, 0.5) is 0 Å². The molecule has 0 radical (unpaired) electrons. The average Bonchev–Trinajstić information content (AvgIpc) is 1.53. The molecule has 0 saturated heterocycles. The van der Waals surface area contributed by atoms with Crippen LogP contribution in [0.2, 0.25) is 0 Å². The summed E-state index contributed by atoms with van der Waals surface area (Å²) in [5.41, 5.74) is 6.05. The van der Waals surface area contributed by atoms with Crippen LogP contribution in [0.25, 0.3) is 0 Å². The van der Waals surface area contributed by atoms with E-state index in [1.54, 1.807) is 0 Å². The standard InChI is InChI=1S/C9H22N2/c1-8(10)6-11(5)7-9(2,3)4/h8H,6-7,10H2,1-5H3. The minimum Gasteiger partial charge on any atom is -0.327 e. The van der Waals surface area contributed by atoms with Crippen molar-refractivity contribution < 1.29 is 0 Å². The van der Waals surface area contributed by atoms with Gasteiger partial charge in [-0.25, -0.2) is 0 Å². The minimum absolute atomic E-state index is 0.280. The molecule has 0 aromatic heterocycles. The molecule has 1 unspecified atom stereocenters. The highest BCUT2D eigenvalue weighted by atomic mass is 15.1. The topological polar surface area (TPSA) is 29.3 Å². The smallest absolute Gasteiger partial charge is 0.0139 e. The van der Waals surface area contributed by atoms with Gasteiger partial charge in [-0.05, 0) is 19.4 Å². The highest BCUT2D eigenvalue weighted by Gasteiger charge is 2.13. The fourth-order valence-electron chi connectivity index (χ4n) is 1.37. The summed E-state index contributed by atoms with van der Waals surface area (Å²) in [6, 6.07) is 0.280. The molecule has 0 aromatic carbocycles. The van der Waals surface area contributed by atoms with Gasteiger partial charge in [0.25, 0.3) is 0 Å². The molecule has 0 aliphatic carbocycles. The molecule has 0 spiro atoms. The number of hydrogen-bond donors (Lipinski definition) is 1. The average molecular weight is 158 g/mol. The Balaban J connectivity index is 3.61. The fraction of sp³-hybridized carbons (Fsp3) is 1.00. The number of hydrogen-bond acceptors (Lipinski definition) is 2. The number of nitrogens with zero attached hydrogens (tertiary/aromatic N) is 1. The zero-order valence-electron chi connectivity index (χ0n) is 8.52. The summed E-state index contributed by atoms with van der Waals surface area (Å²) in [6.45, 7) is 10.9. The minimum atomic E-state index is 0.280. The summed E-state index contributed by atoms with van der Waals surface area (Å²) in [5, 5.41) is 0. The van der Waals surface area contributed by atoms with Crippen molar-refractivity contribution in [3.05, 3.63) is 0 Å². The third-order valence-corrected chi connectivity index (χ3v) is 1.34. The van der Waals surface area contributed by atoms with Crippen LogP contribution in [-0.2, 0) is 0 Å². The summed E-state index contributed by atoms with van der Waals surface area (Å²) in [6.07, 6.45) is 0. The third kappa shape index (κ3) is 7.82. The Morgan fingerprint density at radius 1 is 1.36 bits per heavy atom. The molecule has 2 N–H and O–H groups in total. The van der Waals surface area contributed by atoms with E-state index in [0.717, 1.165) is 13.1 Å². The van der Waals surface area contributed by atoms with Gasteiger partial charge < -0.3 is 10.6 Å². The maximum Gasteiger partial charge on any atom is 0.0139 e. The Kier molecular flexibility index (Phi) is 4.04. The molecule has 0 fully saturated rings. The molecule has 0 aliphatic heterocycles. The third-order valence-electron chi connectivity index (χ3n) is 1.34. The highest BCUT2D eigenvalue weighted by Crippen LogP contribution is 2.13. The Morgan fingerprint density at radius 2 is 1.82 bits per heavy atom. The van der Waals surface area contributed by atoms with Gasteiger partial charge in [0.1, 0.15) is 0 Å². The fourth-order valence-corrected chi connectivity index (χ4v) is 1.37. The first-order valence-electron chi connectivity index (χ1n) is 4.25. The maximum atomic E-state index is 5.67. The van der Waals surface area contributed by atoms with Gasteiger partial charge in [0.2, 0.25) is 0 Å². The summed E-state index contributed by atoms with van der Waals surface area (Å²) >= 11 is 0. The van der Waals surface area contributed by atoms with E-state index in [0.29, 0.717) is 5.41 Å². The van der Waals surface area contributed by atoms with Gasteiger partial charge in [-0.15, -0.1) is 0 Å². The first kappa shape index (κ1) is 10.9. The van der Waals surface area contributed by atoms with Crippen molar-refractivity contribution in [1.82, 2.24) is 4.90 Å². The van der Waals surface area contributed by atoms with Crippen LogP contribution >= 0.6 is 0 Å². The molecular formula is C9H22N2. The van der Waals surface area contributed by atoms with Crippen LogP contribution in [0.3, 0.4) is 0 Å². The van der Waals surface area contributed by atoms with E-state index in [2.05, 4.69) is 32.7 Å². The molecule has 2 heteroatoms. The molecule has 0 amide bonds. The van der Waals surface area contributed by atoms with E-state index in [1.807, 2.05) is 6.92 Å². The van der Waals surface area contributed by atoms with Gasteiger partial charge >= 0.3 is 0 Å². The lowest BCUT2D eigenvalue weighted by Crippen LogP contribution is -2.37. The van der Waals surface area contributed by atoms with E-state index in [-0.39, 0.29) is 6.04 Å². The number of rotatable bonds is 3. The van der Waals surface area contributed by atoms with E-state index in [9.17, 15) is 0 Å². The summed E-state index contributed by atoms with van der Waals surface area (Å²) in [7, 11) is 2.12. The van der Waals surface area contributed by atoms with Crippen molar-refractivity contribution in [2.75, 3.05) is 20.1 Å². The normalized spacial score (nSPS) is 15.5. The quantitative estimate of drug-likeness (QED) is 0.671. The second kappa shape index (κ2) is 4.07. The number of nitrogens with two attached hydrogens (primary N) is 1. The van der Waals surface area contributed by atoms with Crippen LogP contribution < -0.4 is 5.73 Å². The second-order valence-electron chi connectivity index (χ2n) is 4.73. The van der Waals surface area contributed by atoms with Gasteiger partial charge in [-0.2, -0.15) is 0 Å². The van der Waals surface area contributed by atoms with Gasteiger partial charge in [0.15, 0.2) is 0 Å². The van der Waals surface area contributed by atoms with Crippen molar-refractivity contribution in [1.29, 1.82) is 0 Å². The highest BCUT2D eigenvalue weighted by molar-refractivity contribution is 4.68. The zero-order chi connectivity index (χ0) is 9.07. The van der Waals surface area contributed by atoms with Gasteiger partial charge in [-0.1, -0.05) is 20.8 Å². The Labute approximate surface area is 70.8 Å². The SMILES string of the molecule is CC(N)CN(C)CC(C)(C)C. The van der Waals surface area contributed by atoms with Crippen LogP contribution in [0.5, 0.6) is 0 Å². The summed E-state index contributed by atoms with van der Waals surface area (Å²) in [5.74, 6) is 0. The summed E-state index contributed by atoms with van der Waals surface area (Å²) < 4.78 is 0. The Morgan fingerprint density at radius 3 is 2.09 bits per heavy atom. The Bertz CT molecular complexity index is 103. The molecular weight excluding hydrogens is 136 g/mol. The predicted molar refractivity (Wildman–Crippen MR) is 50.6 cm³/mol. The first-order valence-corrected chi connectivity index (χ1v) is 4.25. The predicted octanol–water partition coefficient (Wildman–Crippen LogP) is 1.31.